The molecule has 0 saturated carbocycles. The van der Waals surface area contributed by atoms with Crippen molar-refractivity contribution in [1.29, 1.82) is 0 Å². The molecule has 0 bridgehead atoms. The minimum Gasteiger partial charge on any atom is -0.370 e. The number of rotatable bonds is 3. The molecule has 1 fully saturated rings. The van der Waals surface area contributed by atoms with E-state index in [1.54, 1.807) is 0 Å². The van der Waals surface area contributed by atoms with Gasteiger partial charge in [-0.1, -0.05) is 36.6 Å². The summed E-state index contributed by atoms with van der Waals surface area (Å²) in [5.41, 5.74) is 10.2. The zero-order chi connectivity index (χ0) is 14.4. The molecule has 0 aliphatic carbocycles. The van der Waals surface area contributed by atoms with Crippen LogP contribution in [0.25, 0.3) is 0 Å². The molecule has 2 N–H and O–H groups in total. The van der Waals surface area contributed by atoms with E-state index in [4.69, 9.17) is 5.73 Å². The summed E-state index contributed by atoms with van der Waals surface area (Å²) in [5.74, 6) is 0.733. The molecule has 1 aromatic carbocycles. The fraction of sp³-hybridized carbons (Fsp3) is 0.588. The van der Waals surface area contributed by atoms with Crippen molar-refractivity contribution in [3.8, 4) is 0 Å². The summed E-state index contributed by atoms with van der Waals surface area (Å²) in [6.07, 6.45) is 6.11. The fourth-order valence-corrected chi connectivity index (χ4v) is 2.82. The number of nitrogens with zero attached hydrogens (tertiary/aromatic N) is 2. The Bertz CT molecular complexity index is 463. The van der Waals surface area contributed by atoms with Crippen molar-refractivity contribution < 1.29 is 0 Å². The average Bonchev–Trinajstić information content (AvgIpc) is 2.70. The second-order valence-electron chi connectivity index (χ2n) is 5.82. The Labute approximate surface area is 146 Å². The zero-order valence-corrected chi connectivity index (χ0v) is 15.6. The van der Waals surface area contributed by atoms with Gasteiger partial charge in [0.2, 0.25) is 0 Å². The first kappa shape index (κ1) is 18.3. The summed E-state index contributed by atoms with van der Waals surface area (Å²) in [6, 6.07) is 6.61. The predicted octanol–water partition coefficient (Wildman–Crippen LogP) is 3.65. The maximum Gasteiger partial charge on any atom is 0.191 e. The molecule has 1 aromatic rings. The molecule has 0 spiro atoms. The lowest BCUT2D eigenvalue weighted by molar-refractivity contribution is 0.428. The van der Waals surface area contributed by atoms with Gasteiger partial charge in [0.05, 0.1) is 0 Å². The van der Waals surface area contributed by atoms with Gasteiger partial charge >= 0.3 is 0 Å². The van der Waals surface area contributed by atoms with Crippen molar-refractivity contribution in [2.75, 3.05) is 19.6 Å². The van der Waals surface area contributed by atoms with Gasteiger partial charge in [-0.05, 0) is 44.2 Å². The highest BCUT2D eigenvalue weighted by Gasteiger charge is 2.10. The number of likely N-dealkylation sites (tertiary alicyclic amines) is 1. The molecule has 0 radical (unpaired) electrons. The number of nitrogens with two attached hydrogens (primary N) is 1. The number of aliphatic imine (C=N–C) groups is 1. The molecule has 1 heterocycles. The summed E-state index contributed by atoms with van der Waals surface area (Å²) in [5, 5.41) is 0. The zero-order valence-electron chi connectivity index (χ0n) is 13.3. The molecule has 0 unspecified atom stereocenters. The molecule has 118 valence electrons. The Hall–Kier alpha value is -0.780. The molecule has 3 nitrogen and oxygen atoms in total. The van der Waals surface area contributed by atoms with E-state index < -0.39 is 0 Å². The van der Waals surface area contributed by atoms with E-state index in [2.05, 4.69) is 41.9 Å². The van der Waals surface area contributed by atoms with Gasteiger partial charge in [0, 0.05) is 19.6 Å². The first-order valence-corrected chi connectivity index (χ1v) is 7.78. The Morgan fingerprint density at radius 3 is 2.43 bits per heavy atom. The molecular weight excluding hydrogens is 373 g/mol. The normalized spacial score (nSPS) is 16.3. The van der Waals surface area contributed by atoms with Gasteiger partial charge in [-0.15, -0.1) is 24.0 Å². The van der Waals surface area contributed by atoms with E-state index in [-0.39, 0.29) is 24.0 Å². The summed E-state index contributed by atoms with van der Waals surface area (Å²) in [7, 11) is 0. The highest BCUT2D eigenvalue weighted by molar-refractivity contribution is 14.0. The topological polar surface area (TPSA) is 41.6 Å². The second kappa shape index (κ2) is 9.28. The van der Waals surface area contributed by atoms with Crippen molar-refractivity contribution in [1.82, 2.24) is 4.90 Å². The van der Waals surface area contributed by atoms with E-state index in [9.17, 15) is 0 Å². The number of hydrogen-bond donors (Lipinski definition) is 1. The third-order valence-electron chi connectivity index (χ3n) is 4.08. The Kier molecular flexibility index (Phi) is 8.07. The maximum absolute atomic E-state index is 6.12. The maximum atomic E-state index is 6.12. The van der Waals surface area contributed by atoms with Crippen LogP contribution >= 0.6 is 24.0 Å². The molecule has 0 atom stereocenters. The van der Waals surface area contributed by atoms with E-state index >= 15 is 0 Å². The highest BCUT2D eigenvalue weighted by Crippen LogP contribution is 2.12. The van der Waals surface area contributed by atoms with Crippen LogP contribution in [0.4, 0.5) is 0 Å². The van der Waals surface area contributed by atoms with Crippen LogP contribution < -0.4 is 5.73 Å². The lowest BCUT2D eigenvalue weighted by Crippen LogP contribution is -2.38. The van der Waals surface area contributed by atoms with Crippen molar-refractivity contribution in [3.05, 3.63) is 34.9 Å². The lowest BCUT2D eigenvalue weighted by Gasteiger charge is -2.21. The van der Waals surface area contributed by atoms with Crippen LogP contribution in [0.15, 0.2) is 23.2 Å². The summed E-state index contributed by atoms with van der Waals surface area (Å²) < 4.78 is 0. The van der Waals surface area contributed by atoms with Crippen molar-refractivity contribution in [3.63, 3.8) is 0 Å². The molecule has 0 aromatic heterocycles. The van der Waals surface area contributed by atoms with Crippen LogP contribution in [-0.2, 0) is 6.42 Å². The van der Waals surface area contributed by atoms with Gasteiger partial charge in [-0.3, -0.25) is 4.99 Å². The van der Waals surface area contributed by atoms with Crippen LogP contribution in [-0.4, -0.2) is 30.5 Å². The monoisotopic (exact) mass is 401 g/mol. The molecule has 4 heteroatoms. The van der Waals surface area contributed by atoms with Crippen LogP contribution in [0.5, 0.6) is 0 Å². The summed E-state index contributed by atoms with van der Waals surface area (Å²) in [4.78, 5) is 6.81. The van der Waals surface area contributed by atoms with E-state index in [1.165, 1.54) is 42.4 Å². The molecule has 1 saturated heterocycles. The molecule has 1 aliphatic heterocycles. The van der Waals surface area contributed by atoms with E-state index in [0.717, 1.165) is 32.0 Å². The lowest BCUT2D eigenvalue weighted by atomic mass is 10.0. The third-order valence-corrected chi connectivity index (χ3v) is 4.08. The molecule has 21 heavy (non-hydrogen) atoms. The first-order valence-electron chi connectivity index (χ1n) is 7.78. The summed E-state index contributed by atoms with van der Waals surface area (Å²) >= 11 is 0. The first-order chi connectivity index (χ1) is 9.66. The largest absolute Gasteiger partial charge is 0.370 e. The smallest absolute Gasteiger partial charge is 0.191 e. The van der Waals surface area contributed by atoms with E-state index in [1.807, 2.05) is 0 Å². The molecular formula is C17H28IN3. The minimum atomic E-state index is 0. The number of guanidine groups is 1. The van der Waals surface area contributed by atoms with E-state index in [0.29, 0.717) is 0 Å². The van der Waals surface area contributed by atoms with Gasteiger partial charge in [-0.25, -0.2) is 0 Å². The Morgan fingerprint density at radius 2 is 1.81 bits per heavy atom. The molecule has 2 rings (SSSR count). The number of benzene rings is 1. The minimum absolute atomic E-state index is 0. The quantitative estimate of drug-likeness (QED) is 0.477. The Morgan fingerprint density at radius 1 is 1.14 bits per heavy atom. The number of aryl methyl sites for hydroxylation is 2. The Balaban J connectivity index is 0.00000220. The molecule has 1 aliphatic rings. The fourth-order valence-electron chi connectivity index (χ4n) is 2.82. The van der Waals surface area contributed by atoms with Gasteiger partial charge < -0.3 is 10.6 Å². The van der Waals surface area contributed by atoms with Gasteiger partial charge in [-0.2, -0.15) is 0 Å². The third kappa shape index (κ3) is 5.85. The average molecular weight is 401 g/mol. The van der Waals surface area contributed by atoms with Crippen molar-refractivity contribution >= 4 is 29.9 Å². The van der Waals surface area contributed by atoms with Gasteiger partial charge in [0.1, 0.15) is 0 Å². The summed E-state index contributed by atoms with van der Waals surface area (Å²) in [6.45, 7) is 7.22. The van der Waals surface area contributed by atoms with Crippen LogP contribution in [0.1, 0.15) is 42.4 Å². The highest BCUT2D eigenvalue weighted by atomic mass is 127. The van der Waals surface area contributed by atoms with Gasteiger partial charge in [0.25, 0.3) is 0 Å². The van der Waals surface area contributed by atoms with Crippen molar-refractivity contribution in [2.45, 2.75) is 46.0 Å². The predicted molar refractivity (Wildman–Crippen MR) is 102 cm³/mol. The van der Waals surface area contributed by atoms with Crippen LogP contribution in [0.3, 0.4) is 0 Å². The number of hydrogen-bond acceptors (Lipinski definition) is 1. The van der Waals surface area contributed by atoms with Crippen LogP contribution in [0, 0.1) is 13.8 Å². The molecule has 0 amide bonds. The van der Waals surface area contributed by atoms with Gasteiger partial charge in [0.15, 0.2) is 5.96 Å². The SMILES string of the molecule is Cc1ccc(CCN=C(N)N2CCCCCC2)c(C)c1.I. The van der Waals surface area contributed by atoms with Crippen LogP contribution in [0.2, 0.25) is 0 Å². The standard InChI is InChI=1S/C17H27N3.HI/c1-14-7-8-16(15(2)13-14)9-10-19-17(18)20-11-5-3-4-6-12-20;/h7-8,13H,3-6,9-12H2,1-2H3,(H2,18,19);1H. The van der Waals surface area contributed by atoms with Crippen molar-refractivity contribution in [2.24, 2.45) is 10.7 Å². The number of halogens is 1. The second-order valence-corrected chi connectivity index (χ2v) is 5.82.